The molecule has 1 N–H and O–H groups in total. The average molecular weight is 302 g/mol. The molecule has 0 aliphatic rings. The lowest BCUT2D eigenvalue weighted by Gasteiger charge is -2.03. The number of carbonyl (C=O) groups is 4. The van der Waals surface area contributed by atoms with Crippen molar-refractivity contribution >= 4 is 23.5 Å². The van der Waals surface area contributed by atoms with E-state index in [1.165, 1.54) is 20.1 Å². The minimum Gasteiger partial charge on any atom is -0.481 e. The second kappa shape index (κ2) is 13.0. The van der Waals surface area contributed by atoms with E-state index in [1.54, 1.807) is 0 Å². The van der Waals surface area contributed by atoms with Crippen LogP contribution in [0.1, 0.15) is 33.6 Å². The Balaban J connectivity index is 0. The molecule has 0 aromatic heterocycles. The number of hydrogen-bond acceptors (Lipinski definition) is 6. The maximum atomic E-state index is 11.6. The largest absolute Gasteiger partial charge is 0.481 e. The second-order valence-corrected chi connectivity index (χ2v) is 3.92. The Morgan fingerprint density at radius 3 is 2.05 bits per heavy atom. The van der Waals surface area contributed by atoms with Gasteiger partial charge in [-0.25, -0.2) is 4.79 Å². The van der Waals surface area contributed by atoms with Gasteiger partial charge < -0.3 is 14.6 Å². The molecule has 0 rings (SSSR count). The van der Waals surface area contributed by atoms with Gasteiger partial charge in [-0.1, -0.05) is 6.08 Å². The van der Waals surface area contributed by atoms with E-state index in [9.17, 15) is 14.4 Å². The van der Waals surface area contributed by atoms with Crippen LogP contribution in [-0.2, 0) is 28.7 Å². The smallest absolute Gasteiger partial charge is 0.341 e. The predicted molar refractivity (Wildman–Crippen MR) is 74.8 cm³/mol. The third kappa shape index (κ3) is 14.2. The zero-order valence-electron chi connectivity index (χ0n) is 12.8. The Hall–Kier alpha value is -2.02. The Morgan fingerprint density at radius 2 is 1.67 bits per heavy atom. The number of ether oxygens (including phenoxy) is 2. The molecule has 0 radical (unpaired) electrons. The zero-order chi connectivity index (χ0) is 16.8. The van der Waals surface area contributed by atoms with E-state index in [4.69, 9.17) is 14.6 Å². The summed E-state index contributed by atoms with van der Waals surface area (Å²) in [6, 6.07) is 0. The average Bonchev–Trinajstić information content (AvgIpc) is 2.36. The maximum absolute atomic E-state index is 11.6. The van der Waals surface area contributed by atoms with Gasteiger partial charge in [0.1, 0.15) is 5.78 Å². The quantitative estimate of drug-likeness (QED) is 0.235. The summed E-state index contributed by atoms with van der Waals surface area (Å²) < 4.78 is 9.58. The third-order valence-electron chi connectivity index (χ3n) is 1.93. The van der Waals surface area contributed by atoms with Crippen LogP contribution in [0.5, 0.6) is 0 Å². The van der Waals surface area contributed by atoms with Crippen LogP contribution in [0.15, 0.2) is 11.6 Å². The van der Waals surface area contributed by atoms with Crippen molar-refractivity contribution in [2.75, 3.05) is 20.3 Å². The number of carboxylic acids is 1. The molecular weight excluding hydrogens is 280 g/mol. The fraction of sp³-hybridized carbons (Fsp3) is 0.571. The lowest BCUT2D eigenvalue weighted by atomic mass is 10.1. The molecule has 0 aliphatic carbocycles. The topological polar surface area (TPSA) is 107 Å². The highest BCUT2D eigenvalue weighted by Crippen LogP contribution is 2.05. The number of carbonyl (C=O) groups excluding carboxylic acids is 3. The predicted octanol–water partition coefficient (Wildman–Crippen LogP) is 1.15. The number of carboxylic acid groups (broad SMARTS) is 1. The number of ketones is 2. The van der Waals surface area contributed by atoms with E-state index < -0.39 is 17.7 Å². The van der Waals surface area contributed by atoms with Gasteiger partial charge in [0.05, 0.1) is 25.7 Å². The van der Waals surface area contributed by atoms with Gasteiger partial charge in [-0.3, -0.25) is 14.4 Å². The van der Waals surface area contributed by atoms with E-state index in [0.717, 1.165) is 6.92 Å². The Kier molecular flexibility index (Phi) is 13.2. The standard InChI is InChI=1S/C12H18O5.C2H4O2/c1-4-17-7-5-6-10(12(15)16-3)11(14)8-9(2)13;1-2(3)4/h6H,4-5,7-8H2,1-3H3;1H3,(H,3,4). The van der Waals surface area contributed by atoms with Gasteiger partial charge in [0, 0.05) is 13.5 Å². The number of rotatable bonds is 8. The summed E-state index contributed by atoms with van der Waals surface area (Å²) in [5.74, 6) is -2.34. The normalized spacial score (nSPS) is 10.2. The summed E-state index contributed by atoms with van der Waals surface area (Å²) in [6.07, 6.45) is 1.60. The maximum Gasteiger partial charge on any atom is 0.341 e. The molecule has 21 heavy (non-hydrogen) atoms. The van der Waals surface area contributed by atoms with E-state index in [0.29, 0.717) is 19.6 Å². The fourth-order valence-corrected chi connectivity index (χ4v) is 1.17. The van der Waals surface area contributed by atoms with Crippen molar-refractivity contribution in [3.8, 4) is 0 Å². The molecule has 0 unspecified atom stereocenters. The lowest BCUT2D eigenvalue weighted by Crippen LogP contribution is -2.17. The Labute approximate surface area is 123 Å². The van der Waals surface area contributed by atoms with E-state index >= 15 is 0 Å². The van der Waals surface area contributed by atoms with E-state index in [2.05, 4.69) is 4.74 Å². The van der Waals surface area contributed by atoms with Gasteiger partial charge >= 0.3 is 5.97 Å². The Morgan fingerprint density at radius 1 is 1.14 bits per heavy atom. The van der Waals surface area contributed by atoms with Gasteiger partial charge in [-0.05, 0) is 20.3 Å². The van der Waals surface area contributed by atoms with E-state index in [1.807, 2.05) is 6.92 Å². The number of aliphatic carboxylic acids is 1. The zero-order valence-corrected chi connectivity index (χ0v) is 12.8. The van der Waals surface area contributed by atoms with Gasteiger partial charge in [0.15, 0.2) is 5.78 Å². The second-order valence-electron chi connectivity index (χ2n) is 3.92. The van der Waals surface area contributed by atoms with Gasteiger partial charge in [0.2, 0.25) is 0 Å². The minimum absolute atomic E-state index is 0.0811. The van der Waals surface area contributed by atoms with Crippen molar-refractivity contribution in [2.24, 2.45) is 0 Å². The molecule has 0 fully saturated rings. The highest BCUT2D eigenvalue weighted by molar-refractivity contribution is 6.21. The van der Waals surface area contributed by atoms with Crippen LogP contribution in [0.4, 0.5) is 0 Å². The third-order valence-corrected chi connectivity index (χ3v) is 1.93. The molecule has 0 amide bonds. The first-order chi connectivity index (χ1) is 9.76. The highest BCUT2D eigenvalue weighted by Gasteiger charge is 2.19. The van der Waals surface area contributed by atoms with E-state index in [-0.39, 0.29) is 17.8 Å². The fourth-order valence-electron chi connectivity index (χ4n) is 1.17. The van der Waals surface area contributed by atoms with Crippen molar-refractivity contribution in [3.05, 3.63) is 11.6 Å². The van der Waals surface area contributed by atoms with Crippen LogP contribution in [0, 0.1) is 0 Å². The van der Waals surface area contributed by atoms with Crippen molar-refractivity contribution in [3.63, 3.8) is 0 Å². The lowest BCUT2D eigenvalue weighted by molar-refractivity contribution is -0.138. The minimum atomic E-state index is -0.833. The molecule has 0 aromatic carbocycles. The van der Waals surface area contributed by atoms with Crippen LogP contribution in [0.25, 0.3) is 0 Å². The van der Waals surface area contributed by atoms with Gasteiger partial charge in [-0.2, -0.15) is 0 Å². The van der Waals surface area contributed by atoms with Crippen molar-refractivity contribution in [1.82, 2.24) is 0 Å². The molecular formula is C14H22O7. The number of methoxy groups -OCH3 is 1. The number of hydrogen-bond donors (Lipinski definition) is 1. The number of Topliss-reactive ketones (excluding diaryl/α,β-unsaturated/α-hetero) is 2. The molecule has 0 bridgehead atoms. The SMILES string of the molecule is CC(=O)O.CCOCCC=C(C(=O)CC(C)=O)C(=O)OC. The molecule has 0 heterocycles. The molecule has 0 atom stereocenters. The van der Waals surface area contributed by atoms with Crippen molar-refractivity contribution < 1.29 is 33.8 Å². The summed E-state index contributed by atoms with van der Waals surface area (Å²) in [4.78, 5) is 42.7. The summed E-state index contributed by atoms with van der Waals surface area (Å²) in [6.45, 7) is 5.23. The summed E-state index contributed by atoms with van der Waals surface area (Å²) in [5.41, 5.74) is -0.0811. The van der Waals surface area contributed by atoms with Gasteiger partial charge in [-0.15, -0.1) is 0 Å². The molecule has 0 spiro atoms. The van der Waals surface area contributed by atoms with Crippen LogP contribution in [0.3, 0.4) is 0 Å². The van der Waals surface area contributed by atoms with Crippen LogP contribution in [-0.4, -0.2) is 48.9 Å². The molecule has 0 saturated heterocycles. The van der Waals surface area contributed by atoms with Crippen molar-refractivity contribution in [2.45, 2.75) is 33.6 Å². The van der Waals surface area contributed by atoms with Crippen molar-refractivity contribution in [1.29, 1.82) is 0 Å². The Bertz CT molecular complexity index is 392. The first kappa shape index (κ1) is 21.3. The van der Waals surface area contributed by atoms with Crippen LogP contribution < -0.4 is 0 Å². The monoisotopic (exact) mass is 302 g/mol. The molecule has 7 heteroatoms. The molecule has 7 nitrogen and oxygen atoms in total. The molecule has 0 aliphatic heterocycles. The molecule has 0 aromatic rings. The molecule has 0 saturated carbocycles. The number of esters is 1. The first-order valence-electron chi connectivity index (χ1n) is 6.34. The summed E-state index contributed by atoms with van der Waals surface area (Å²) in [7, 11) is 1.19. The summed E-state index contributed by atoms with van der Waals surface area (Å²) in [5, 5.41) is 7.42. The molecule has 120 valence electrons. The summed E-state index contributed by atoms with van der Waals surface area (Å²) >= 11 is 0. The van der Waals surface area contributed by atoms with Crippen LogP contribution >= 0.6 is 0 Å². The van der Waals surface area contributed by atoms with Gasteiger partial charge in [0.25, 0.3) is 5.97 Å². The highest BCUT2D eigenvalue weighted by atomic mass is 16.5. The first-order valence-corrected chi connectivity index (χ1v) is 6.34. The van der Waals surface area contributed by atoms with Crippen LogP contribution in [0.2, 0.25) is 0 Å².